The summed E-state index contributed by atoms with van der Waals surface area (Å²) in [5.41, 5.74) is 2.33. The molecule has 0 aliphatic carbocycles. The molecule has 0 aliphatic heterocycles. The van der Waals surface area contributed by atoms with E-state index in [1.807, 2.05) is 42.5 Å². The Balaban J connectivity index is 1.71. The third kappa shape index (κ3) is 7.00. The molecule has 0 spiro atoms. The number of hydrogen-bond donors (Lipinski definition) is 1. The lowest BCUT2D eigenvalue weighted by molar-refractivity contribution is 0.0919. The number of nitrogens with zero attached hydrogens (tertiary/aromatic N) is 1. The number of furan rings is 1. The van der Waals surface area contributed by atoms with Crippen LogP contribution in [0.2, 0.25) is 0 Å². The molecular weight excluding hydrogens is 388 g/mol. The monoisotopic (exact) mass is 420 g/mol. The van der Waals surface area contributed by atoms with E-state index in [1.54, 1.807) is 13.2 Å². The highest BCUT2D eigenvalue weighted by Crippen LogP contribution is 2.22. The third-order valence-corrected chi connectivity index (χ3v) is 5.11. The molecule has 0 saturated carbocycles. The minimum atomic E-state index is -0.161. The van der Waals surface area contributed by atoms with Gasteiger partial charge in [-0.25, -0.2) is 0 Å². The molecule has 1 aromatic heterocycles. The molecule has 2 aromatic carbocycles. The Morgan fingerprint density at radius 2 is 1.71 bits per heavy atom. The van der Waals surface area contributed by atoms with Gasteiger partial charge in [0, 0.05) is 25.2 Å². The normalized spacial score (nSPS) is 11.1. The summed E-state index contributed by atoms with van der Waals surface area (Å²) < 4.78 is 11.4. The number of carbonyl (C=O) groups is 1. The topological polar surface area (TPSA) is 54.7 Å². The van der Waals surface area contributed by atoms with Crippen molar-refractivity contribution < 1.29 is 13.9 Å². The third-order valence-electron chi connectivity index (χ3n) is 5.11. The number of hydrogen-bond acceptors (Lipinski definition) is 4. The highest BCUT2D eigenvalue weighted by atomic mass is 16.5. The van der Waals surface area contributed by atoms with E-state index in [0.717, 1.165) is 30.0 Å². The Labute approximate surface area is 185 Å². The molecule has 0 fully saturated rings. The Bertz CT molecular complexity index is 950. The van der Waals surface area contributed by atoms with Crippen molar-refractivity contribution in [2.24, 2.45) is 5.92 Å². The van der Waals surface area contributed by atoms with Crippen LogP contribution in [0.3, 0.4) is 0 Å². The van der Waals surface area contributed by atoms with Gasteiger partial charge in [-0.15, -0.1) is 0 Å². The largest absolute Gasteiger partial charge is 0.496 e. The van der Waals surface area contributed by atoms with E-state index in [2.05, 4.69) is 42.3 Å². The zero-order valence-electron chi connectivity index (χ0n) is 18.6. The van der Waals surface area contributed by atoms with Crippen molar-refractivity contribution >= 4 is 5.91 Å². The minimum absolute atomic E-state index is 0.161. The quantitative estimate of drug-likeness (QED) is 0.459. The van der Waals surface area contributed by atoms with Gasteiger partial charge in [-0.3, -0.25) is 9.69 Å². The van der Waals surface area contributed by atoms with Gasteiger partial charge in [0.15, 0.2) is 5.76 Å². The molecule has 0 saturated heterocycles. The van der Waals surface area contributed by atoms with Crippen LogP contribution in [-0.4, -0.2) is 24.5 Å². The molecule has 1 amide bonds. The van der Waals surface area contributed by atoms with Gasteiger partial charge in [-0.1, -0.05) is 62.4 Å². The molecule has 1 heterocycles. The van der Waals surface area contributed by atoms with Crippen LogP contribution >= 0.6 is 0 Å². The van der Waals surface area contributed by atoms with Crippen LogP contribution in [0.15, 0.2) is 71.1 Å². The van der Waals surface area contributed by atoms with Gasteiger partial charge in [0.25, 0.3) is 5.91 Å². The number of nitrogens with one attached hydrogen (secondary N) is 1. The lowest BCUT2D eigenvalue weighted by Crippen LogP contribution is -2.25. The number of ether oxygens (including phenoxy) is 1. The van der Waals surface area contributed by atoms with E-state index in [4.69, 9.17) is 9.15 Å². The molecule has 3 rings (SSSR count). The predicted octanol–water partition coefficient (Wildman–Crippen LogP) is 5.27. The van der Waals surface area contributed by atoms with E-state index < -0.39 is 0 Å². The van der Waals surface area contributed by atoms with Crippen LogP contribution in [0.1, 0.15) is 47.7 Å². The maximum absolute atomic E-state index is 12.4. The second-order valence-electron chi connectivity index (χ2n) is 8.15. The molecule has 0 bridgehead atoms. The summed E-state index contributed by atoms with van der Waals surface area (Å²) in [6.45, 7) is 6.98. The van der Waals surface area contributed by atoms with Crippen molar-refractivity contribution in [3.8, 4) is 5.75 Å². The van der Waals surface area contributed by atoms with Crippen molar-refractivity contribution in [3.63, 3.8) is 0 Å². The molecule has 5 heteroatoms. The lowest BCUT2D eigenvalue weighted by Gasteiger charge is -2.22. The molecule has 5 nitrogen and oxygen atoms in total. The first kappa shape index (κ1) is 22.6. The second-order valence-corrected chi connectivity index (χ2v) is 8.15. The van der Waals surface area contributed by atoms with Crippen molar-refractivity contribution in [2.75, 3.05) is 13.7 Å². The zero-order chi connectivity index (χ0) is 22.1. The Hall–Kier alpha value is -3.05. The number of benzene rings is 2. The number of rotatable bonds is 11. The molecular formula is C26H32N2O3. The number of methoxy groups -OCH3 is 1. The minimum Gasteiger partial charge on any atom is -0.496 e. The van der Waals surface area contributed by atoms with E-state index in [9.17, 15) is 4.79 Å². The molecule has 0 unspecified atom stereocenters. The van der Waals surface area contributed by atoms with Crippen LogP contribution in [0.4, 0.5) is 0 Å². The van der Waals surface area contributed by atoms with E-state index >= 15 is 0 Å². The highest BCUT2D eigenvalue weighted by molar-refractivity contribution is 5.91. The van der Waals surface area contributed by atoms with Crippen LogP contribution in [0, 0.1) is 5.92 Å². The zero-order valence-corrected chi connectivity index (χ0v) is 18.6. The first-order valence-corrected chi connectivity index (χ1v) is 10.8. The van der Waals surface area contributed by atoms with Crippen molar-refractivity contribution in [1.82, 2.24) is 10.2 Å². The number of para-hydroxylation sites is 1. The highest BCUT2D eigenvalue weighted by Gasteiger charge is 2.16. The average molecular weight is 421 g/mol. The van der Waals surface area contributed by atoms with Gasteiger partial charge < -0.3 is 14.5 Å². The number of amides is 1. The van der Waals surface area contributed by atoms with Gasteiger partial charge in [0.2, 0.25) is 0 Å². The second kappa shape index (κ2) is 11.4. The average Bonchev–Trinajstić information content (AvgIpc) is 3.23. The lowest BCUT2D eigenvalue weighted by atomic mass is 10.1. The fourth-order valence-corrected chi connectivity index (χ4v) is 3.45. The summed E-state index contributed by atoms with van der Waals surface area (Å²) in [6.07, 6.45) is 0.947. The standard InChI is InChI=1S/C26H32N2O3/c1-20(2)15-16-27-26(29)25-14-13-23(31-25)19-28(17-21-9-5-4-6-10-21)18-22-11-7-8-12-24(22)30-3/h4-14,20H,15-19H2,1-3H3,(H,27,29). The first-order chi connectivity index (χ1) is 15.0. The van der Waals surface area contributed by atoms with Crippen molar-refractivity contribution in [1.29, 1.82) is 0 Å². The molecule has 0 atom stereocenters. The summed E-state index contributed by atoms with van der Waals surface area (Å²) in [5, 5.41) is 2.93. The van der Waals surface area contributed by atoms with Gasteiger partial charge in [0.1, 0.15) is 11.5 Å². The Morgan fingerprint density at radius 1 is 0.968 bits per heavy atom. The molecule has 3 aromatic rings. The fourth-order valence-electron chi connectivity index (χ4n) is 3.45. The smallest absolute Gasteiger partial charge is 0.286 e. The van der Waals surface area contributed by atoms with Crippen LogP contribution in [0.5, 0.6) is 5.75 Å². The SMILES string of the molecule is COc1ccccc1CN(Cc1ccccc1)Cc1ccc(C(=O)NCCC(C)C)o1. The van der Waals surface area contributed by atoms with Crippen molar-refractivity contribution in [2.45, 2.75) is 39.9 Å². The fraction of sp³-hybridized carbons (Fsp3) is 0.346. The molecule has 0 radical (unpaired) electrons. The van der Waals surface area contributed by atoms with E-state index in [0.29, 0.717) is 31.3 Å². The Kier molecular flexibility index (Phi) is 8.30. The molecule has 164 valence electrons. The summed E-state index contributed by atoms with van der Waals surface area (Å²) in [7, 11) is 1.69. The van der Waals surface area contributed by atoms with Gasteiger partial charge in [-0.2, -0.15) is 0 Å². The molecule has 31 heavy (non-hydrogen) atoms. The molecule has 1 N–H and O–H groups in total. The first-order valence-electron chi connectivity index (χ1n) is 10.8. The molecule has 0 aliphatic rings. The van der Waals surface area contributed by atoms with E-state index in [1.165, 1.54) is 5.56 Å². The maximum atomic E-state index is 12.4. The van der Waals surface area contributed by atoms with Gasteiger partial charge in [-0.05, 0) is 36.1 Å². The van der Waals surface area contributed by atoms with Crippen molar-refractivity contribution in [3.05, 3.63) is 89.4 Å². The summed E-state index contributed by atoms with van der Waals surface area (Å²) in [5.74, 6) is 2.38. The van der Waals surface area contributed by atoms with Crippen LogP contribution in [0.25, 0.3) is 0 Å². The summed E-state index contributed by atoms with van der Waals surface area (Å²) in [6, 6.07) is 22.0. The Morgan fingerprint density at radius 3 is 2.45 bits per heavy atom. The van der Waals surface area contributed by atoms with E-state index in [-0.39, 0.29) is 5.91 Å². The van der Waals surface area contributed by atoms with Crippen LogP contribution in [-0.2, 0) is 19.6 Å². The van der Waals surface area contributed by atoms with Gasteiger partial charge in [0.05, 0.1) is 13.7 Å². The maximum Gasteiger partial charge on any atom is 0.286 e. The van der Waals surface area contributed by atoms with Crippen LogP contribution < -0.4 is 10.1 Å². The van der Waals surface area contributed by atoms with Gasteiger partial charge >= 0.3 is 0 Å². The summed E-state index contributed by atoms with van der Waals surface area (Å²) in [4.78, 5) is 14.6. The summed E-state index contributed by atoms with van der Waals surface area (Å²) >= 11 is 0. The number of carbonyl (C=O) groups excluding carboxylic acids is 1. The predicted molar refractivity (Wildman–Crippen MR) is 123 cm³/mol.